The van der Waals surface area contributed by atoms with E-state index >= 15 is 0 Å². The first-order chi connectivity index (χ1) is 10.5. The fourth-order valence-corrected chi connectivity index (χ4v) is 2.74. The number of nitrogens with zero attached hydrogens (tertiary/aromatic N) is 2. The average Bonchev–Trinajstić information content (AvgIpc) is 2.47. The van der Waals surface area contributed by atoms with Crippen molar-refractivity contribution >= 4 is 17.6 Å². The van der Waals surface area contributed by atoms with Crippen LogP contribution in [-0.2, 0) is 11.2 Å². The van der Waals surface area contributed by atoms with Gasteiger partial charge in [-0.25, -0.2) is 9.97 Å². The van der Waals surface area contributed by atoms with E-state index < -0.39 is 0 Å². The van der Waals surface area contributed by atoms with Gasteiger partial charge in [-0.05, 0) is 24.8 Å². The van der Waals surface area contributed by atoms with Gasteiger partial charge in [-0.1, -0.05) is 29.8 Å². The maximum atomic E-state index is 12.3. The standard InChI is InChI=1S/C17H17N3O2/c1-10-3-5-12(6-4-10)13-7-15-14(16(22)8-13)9-18-17(20-15)19-11(2)21/h3-6,9,13H,7-8H2,1-2H3,(H,18,19,20,21)/t13-/m0/s1. The lowest BCUT2D eigenvalue weighted by Crippen LogP contribution is -2.22. The van der Waals surface area contributed by atoms with Crippen LogP contribution in [0.1, 0.15) is 46.4 Å². The van der Waals surface area contributed by atoms with Gasteiger partial charge < -0.3 is 0 Å². The minimum atomic E-state index is -0.225. The number of hydrogen-bond donors (Lipinski definition) is 1. The van der Waals surface area contributed by atoms with Gasteiger partial charge in [0.15, 0.2) is 5.78 Å². The van der Waals surface area contributed by atoms with Gasteiger partial charge in [-0.3, -0.25) is 14.9 Å². The lowest BCUT2D eigenvalue weighted by Gasteiger charge is -2.23. The first kappa shape index (κ1) is 14.4. The predicted molar refractivity (Wildman–Crippen MR) is 82.9 cm³/mol. The van der Waals surface area contributed by atoms with Crippen molar-refractivity contribution in [1.29, 1.82) is 0 Å². The van der Waals surface area contributed by atoms with E-state index in [4.69, 9.17) is 0 Å². The number of hydrogen-bond acceptors (Lipinski definition) is 4. The molecule has 112 valence electrons. The monoisotopic (exact) mass is 295 g/mol. The molecule has 1 aliphatic carbocycles. The zero-order valence-electron chi connectivity index (χ0n) is 12.6. The highest BCUT2D eigenvalue weighted by atomic mass is 16.1. The molecule has 0 fully saturated rings. The van der Waals surface area contributed by atoms with Crippen LogP contribution in [-0.4, -0.2) is 21.7 Å². The summed E-state index contributed by atoms with van der Waals surface area (Å²) in [6.07, 6.45) is 2.67. The molecule has 1 heterocycles. The Kier molecular flexibility index (Phi) is 3.71. The Bertz CT molecular complexity index is 738. The fraction of sp³-hybridized carbons (Fsp3) is 0.294. The summed E-state index contributed by atoms with van der Waals surface area (Å²) >= 11 is 0. The molecule has 5 heteroatoms. The Hall–Kier alpha value is -2.56. The molecule has 3 rings (SSSR count). The number of aryl methyl sites for hydroxylation is 1. The number of aromatic nitrogens is 2. The van der Waals surface area contributed by atoms with Gasteiger partial charge in [-0.2, -0.15) is 0 Å². The van der Waals surface area contributed by atoms with Crippen molar-refractivity contribution in [2.24, 2.45) is 0 Å². The molecule has 0 radical (unpaired) electrons. The third-order valence-electron chi connectivity index (χ3n) is 3.88. The molecule has 0 aliphatic heterocycles. The molecular weight excluding hydrogens is 278 g/mol. The number of ketones is 1. The summed E-state index contributed by atoms with van der Waals surface area (Å²) in [5, 5.41) is 2.56. The fourth-order valence-electron chi connectivity index (χ4n) is 2.74. The Morgan fingerprint density at radius 3 is 2.64 bits per heavy atom. The Morgan fingerprint density at radius 2 is 1.95 bits per heavy atom. The second kappa shape index (κ2) is 5.67. The molecule has 1 aromatic carbocycles. The van der Waals surface area contributed by atoms with E-state index in [1.807, 2.05) is 6.92 Å². The number of benzene rings is 1. The van der Waals surface area contributed by atoms with E-state index in [2.05, 4.69) is 39.6 Å². The second-order valence-electron chi connectivity index (χ2n) is 5.67. The lowest BCUT2D eigenvalue weighted by atomic mass is 9.82. The van der Waals surface area contributed by atoms with Crippen LogP contribution < -0.4 is 5.32 Å². The van der Waals surface area contributed by atoms with Crippen LogP contribution in [0, 0.1) is 6.92 Å². The number of rotatable bonds is 2. The maximum absolute atomic E-state index is 12.3. The summed E-state index contributed by atoms with van der Waals surface area (Å²) in [5.74, 6) is 0.211. The molecular formula is C17H17N3O2. The summed E-state index contributed by atoms with van der Waals surface area (Å²) in [6, 6.07) is 8.23. The molecule has 0 saturated carbocycles. The molecule has 1 aliphatic rings. The van der Waals surface area contributed by atoms with Crippen molar-refractivity contribution < 1.29 is 9.59 Å². The van der Waals surface area contributed by atoms with Gasteiger partial charge in [0, 0.05) is 19.5 Å². The highest BCUT2D eigenvalue weighted by molar-refractivity contribution is 5.98. The SMILES string of the molecule is CC(=O)Nc1ncc2c(n1)C[C@H](c1ccc(C)cc1)CC2=O. The highest BCUT2D eigenvalue weighted by Gasteiger charge is 2.28. The molecule has 0 saturated heterocycles. The summed E-state index contributed by atoms with van der Waals surface area (Å²) in [5.41, 5.74) is 3.61. The van der Waals surface area contributed by atoms with E-state index in [0.29, 0.717) is 24.1 Å². The first-order valence-corrected chi connectivity index (χ1v) is 7.26. The third kappa shape index (κ3) is 2.88. The molecule has 0 bridgehead atoms. The molecule has 1 amide bonds. The van der Waals surface area contributed by atoms with E-state index in [-0.39, 0.29) is 23.6 Å². The quantitative estimate of drug-likeness (QED) is 0.924. The topological polar surface area (TPSA) is 72.0 Å². The van der Waals surface area contributed by atoms with Crippen LogP contribution in [0.3, 0.4) is 0 Å². The average molecular weight is 295 g/mol. The lowest BCUT2D eigenvalue weighted by molar-refractivity contribution is -0.114. The van der Waals surface area contributed by atoms with Crippen LogP contribution in [0.4, 0.5) is 5.95 Å². The molecule has 0 unspecified atom stereocenters. The third-order valence-corrected chi connectivity index (χ3v) is 3.88. The van der Waals surface area contributed by atoms with Crippen LogP contribution in [0.15, 0.2) is 30.5 Å². The van der Waals surface area contributed by atoms with E-state index in [0.717, 1.165) is 5.56 Å². The predicted octanol–water partition coefficient (Wildman–Crippen LogP) is 2.66. The second-order valence-corrected chi connectivity index (χ2v) is 5.67. The normalized spacial score (nSPS) is 17.0. The zero-order chi connectivity index (χ0) is 15.7. The zero-order valence-corrected chi connectivity index (χ0v) is 12.6. The minimum Gasteiger partial charge on any atom is -0.295 e. The summed E-state index contributed by atoms with van der Waals surface area (Å²) in [7, 11) is 0. The van der Waals surface area contributed by atoms with Gasteiger partial charge in [0.1, 0.15) is 0 Å². The Morgan fingerprint density at radius 1 is 1.23 bits per heavy atom. The van der Waals surface area contributed by atoms with Crippen molar-refractivity contribution in [3.05, 3.63) is 52.8 Å². The minimum absolute atomic E-state index is 0.0567. The van der Waals surface area contributed by atoms with Gasteiger partial charge in [0.2, 0.25) is 11.9 Å². The van der Waals surface area contributed by atoms with Crippen molar-refractivity contribution in [1.82, 2.24) is 9.97 Å². The number of anilines is 1. The molecule has 1 atom stereocenters. The smallest absolute Gasteiger partial charge is 0.229 e. The number of carbonyl (C=O) groups is 2. The number of Topliss-reactive ketones (excluding diaryl/α,β-unsaturated/α-hetero) is 1. The highest BCUT2D eigenvalue weighted by Crippen LogP contribution is 2.32. The van der Waals surface area contributed by atoms with Crippen molar-refractivity contribution in [2.75, 3.05) is 5.32 Å². The maximum Gasteiger partial charge on any atom is 0.229 e. The van der Waals surface area contributed by atoms with Gasteiger partial charge in [0.05, 0.1) is 11.3 Å². The van der Waals surface area contributed by atoms with Gasteiger partial charge in [-0.15, -0.1) is 0 Å². The molecule has 1 aromatic heterocycles. The summed E-state index contributed by atoms with van der Waals surface area (Å²) in [6.45, 7) is 3.45. The van der Waals surface area contributed by atoms with Crippen molar-refractivity contribution in [3.8, 4) is 0 Å². The van der Waals surface area contributed by atoms with Crippen LogP contribution in [0.25, 0.3) is 0 Å². The first-order valence-electron chi connectivity index (χ1n) is 7.26. The molecule has 22 heavy (non-hydrogen) atoms. The Labute approximate surface area is 128 Å². The molecule has 2 aromatic rings. The van der Waals surface area contributed by atoms with Gasteiger partial charge >= 0.3 is 0 Å². The van der Waals surface area contributed by atoms with Crippen LogP contribution in [0.5, 0.6) is 0 Å². The summed E-state index contributed by atoms with van der Waals surface area (Å²) in [4.78, 5) is 31.8. The number of carbonyl (C=O) groups excluding carboxylic acids is 2. The van der Waals surface area contributed by atoms with E-state index in [9.17, 15) is 9.59 Å². The molecule has 0 spiro atoms. The molecule has 1 N–H and O–H groups in total. The van der Waals surface area contributed by atoms with E-state index in [1.54, 1.807) is 0 Å². The summed E-state index contributed by atoms with van der Waals surface area (Å²) < 4.78 is 0. The van der Waals surface area contributed by atoms with E-state index in [1.165, 1.54) is 18.7 Å². The molecule has 5 nitrogen and oxygen atoms in total. The van der Waals surface area contributed by atoms with Crippen LogP contribution >= 0.6 is 0 Å². The Balaban J connectivity index is 1.91. The largest absolute Gasteiger partial charge is 0.295 e. The van der Waals surface area contributed by atoms with Crippen LogP contribution in [0.2, 0.25) is 0 Å². The van der Waals surface area contributed by atoms with Crippen molar-refractivity contribution in [2.45, 2.75) is 32.6 Å². The van der Waals surface area contributed by atoms with Crippen molar-refractivity contribution in [3.63, 3.8) is 0 Å². The number of nitrogens with one attached hydrogen (secondary N) is 1. The number of amides is 1. The number of fused-ring (bicyclic) bond motifs is 1. The van der Waals surface area contributed by atoms with Gasteiger partial charge in [0.25, 0.3) is 0 Å².